The lowest BCUT2D eigenvalue weighted by atomic mass is 9.73. The molecule has 1 saturated carbocycles. The van der Waals surface area contributed by atoms with Crippen molar-refractivity contribution in [3.63, 3.8) is 0 Å². The van der Waals surface area contributed by atoms with E-state index in [9.17, 15) is 0 Å². The summed E-state index contributed by atoms with van der Waals surface area (Å²) < 4.78 is 5.80. The summed E-state index contributed by atoms with van der Waals surface area (Å²) in [5.74, 6) is 0. The third kappa shape index (κ3) is 4.44. The minimum atomic E-state index is 0.466. The standard InChI is InChI=1S/C16H32N2O/c1-3-15-12-18(10-11-19-15)14-16(13-17-4-2)8-6-5-7-9-16/h15,17H,3-14H2,1-2H3. The van der Waals surface area contributed by atoms with Crippen molar-refractivity contribution in [1.82, 2.24) is 10.2 Å². The molecule has 1 atom stereocenters. The monoisotopic (exact) mass is 268 g/mol. The van der Waals surface area contributed by atoms with Gasteiger partial charge in [-0.05, 0) is 31.2 Å². The topological polar surface area (TPSA) is 24.5 Å². The molecule has 0 spiro atoms. The molecule has 0 amide bonds. The van der Waals surface area contributed by atoms with Crippen molar-refractivity contribution in [2.75, 3.05) is 39.3 Å². The summed E-state index contributed by atoms with van der Waals surface area (Å²) >= 11 is 0. The quantitative estimate of drug-likeness (QED) is 0.801. The maximum Gasteiger partial charge on any atom is 0.0700 e. The maximum atomic E-state index is 5.80. The normalized spacial score (nSPS) is 28.4. The van der Waals surface area contributed by atoms with Gasteiger partial charge in [0.1, 0.15) is 0 Å². The summed E-state index contributed by atoms with van der Waals surface area (Å²) in [7, 11) is 0. The Morgan fingerprint density at radius 2 is 2.00 bits per heavy atom. The number of morpholine rings is 1. The molecule has 112 valence electrons. The Hall–Kier alpha value is -0.120. The van der Waals surface area contributed by atoms with Crippen molar-refractivity contribution in [2.24, 2.45) is 5.41 Å². The zero-order valence-corrected chi connectivity index (χ0v) is 12.9. The number of nitrogens with one attached hydrogen (secondary N) is 1. The highest BCUT2D eigenvalue weighted by Gasteiger charge is 2.34. The molecule has 1 aliphatic carbocycles. The Morgan fingerprint density at radius 1 is 1.21 bits per heavy atom. The molecule has 0 aromatic rings. The third-order valence-corrected chi connectivity index (χ3v) is 4.90. The molecule has 2 rings (SSSR count). The first-order chi connectivity index (χ1) is 9.28. The first kappa shape index (κ1) is 15.3. The van der Waals surface area contributed by atoms with Crippen LogP contribution in [0.4, 0.5) is 0 Å². The first-order valence-corrected chi connectivity index (χ1v) is 8.33. The van der Waals surface area contributed by atoms with Gasteiger partial charge in [-0.2, -0.15) is 0 Å². The third-order valence-electron chi connectivity index (χ3n) is 4.90. The van der Waals surface area contributed by atoms with Crippen LogP contribution in [-0.2, 0) is 4.74 Å². The summed E-state index contributed by atoms with van der Waals surface area (Å²) in [4.78, 5) is 2.67. The van der Waals surface area contributed by atoms with Crippen LogP contribution in [0.2, 0.25) is 0 Å². The van der Waals surface area contributed by atoms with E-state index in [-0.39, 0.29) is 0 Å². The van der Waals surface area contributed by atoms with Gasteiger partial charge in [0.15, 0.2) is 0 Å². The number of rotatable bonds is 6. The first-order valence-electron chi connectivity index (χ1n) is 8.33. The van der Waals surface area contributed by atoms with Crippen LogP contribution in [-0.4, -0.2) is 50.3 Å². The van der Waals surface area contributed by atoms with Gasteiger partial charge >= 0.3 is 0 Å². The Bertz CT molecular complexity index is 251. The van der Waals surface area contributed by atoms with Gasteiger partial charge in [0, 0.05) is 26.2 Å². The minimum Gasteiger partial charge on any atom is -0.376 e. The van der Waals surface area contributed by atoms with Crippen LogP contribution in [0.25, 0.3) is 0 Å². The van der Waals surface area contributed by atoms with Crippen LogP contribution >= 0.6 is 0 Å². The summed E-state index contributed by atoms with van der Waals surface area (Å²) in [6.07, 6.45) is 8.72. The second-order valence-corrected chi connectivity index (χ2v) is 6.48. The van der Waals surface area contributed by atoms with E-state index >= 15 is 0 Å². The second kappa shape index (κ2) is 7.61. The van der Waals surface area contributed by atoms with Gasteiger partial charge in [-0.15, -0.1) is 0 Å². The fraction of sp³-hybridized carbons (Fsp3) is 1.00. The maximum absolute atomic E-state index is 5.80. The molecule has 2 fully saturated rings. The highest BCUT2D eigenvalue weighted by atomic mass is 16.5. The summed E-state index contributed by atoms with van der Waals surface area (Å²) in [5.41, 5.74) is 0.532. The molecule has 1 aliphatic heterocycles. The van der Waals surface area contributed by atoms with E-state index in [0.717, 1.165) is 32.7 Å². The SMILES string of the molecule is CCNCC1(CN2CCOC(CC)C2)CCCCC1. The van der Waals surface area contributed by atoms with Crippen LogP contribution in [0.3, 0.4) is 0 Å². The van der Waals surface area contributed by atoms with Crippen LogP contribution in [0.15, 0.2) is 0 Å². The lowest BCUT2D eigenvalue weighted by Crippen LogP contribution is -2.50. The fourth-order valence-corrected chi connectivity index (χ4v) is 3.73. The summed E-state index contributed by atoms with van der Waals surface area (Å²) in [6, 6.07) is 0. The van der Waals surface area contributed by atoms with Crippen molar-refractivity contribution in [2.45, 2.75) is 58.5 Å². The van der Waals surface area contributed by atoms with E-state index in [1.165, 1.54) is 45.2 Å². The highest BCUT2D eigenvalue weighted by molar-refractivity contribution is 4.89. The zero-order valence-electron chi connectivity index (χ0n) is 12.9. The average molecular weight is 268 g/mol. The van der Waals surface area contributed by atoms with Crippen molar-refractivity contribution in [1.29, 1.82) is 0 Å². The number of hydrogen-bond donors (Lipinski definition) is 1. The van der Waals surface area contributed by atoms with Crippen LogP contribution in [0, 0.1) is 5.41 Å². The number of nitrogens with zero attached hydrogens (tertiary/aromatic N) is 1. The summed E-state index contributed by atoms with van der Waals surface area (Å²) in [5, 5.41) is 3.62. The van der Waals surface area contributed by atoms with Crippen LogP contribution in [0.1, 0.15) is 52.4 Å². The van der Waals surface area contributed by atoms with Gasteiger partial charge < -0.3 is 10.1 Å². The molecular formula is C16H32N2O. The second-order valence-electron chi connectivity index (χ2n) is 6.48. The van der Waals surface area contributed by atoms with E-state index in [2.05, 4.69) is 24.1 Å². The molecule has 0 aromatic carbocycles. The fourth-order valence-electron chi connectivity index (χ4n) is 3.73. The Labute approximate surface area is 119 Å². The molecular weight excluding hydrogens is 236 g/mol. The number of hydrogen-bond acceptors (Lipinski definition) is 3. The molecule has 19 heavy (non-hydrogen) atoms. The molecule has 3 nitrogen and oxygen atoms in total. The van der Waals surface area contributed by atoms with Crippen LogP contribution < -0.4 is 5.32 Å². The van der Waals surface area contributed by atoms with Gasteiger partial charge in [-0.1, -0.05) is 33.1 Å². The molecule has 3 heteroatoms. The largest absolute Gasteiger partial charge is 0.376 e. The van der Waals surface area contributed by atoms with Gasteiger partial charge in [0.25, 0.3) is 0 Å². The molecule has 0 aromatic heterocycles. The van der Waals surface area contributed by atoms with Crippen molar-refractivity contribution in [3.8, 4) is 0 Å². The smallest absolute Gasteiger partial charge is 0.0700 e. The molecule has 1 N–H and O–H groups in total. The zero-order chi connectivity index (χ0) is 13.6. The van der Waals surface area contributed by atoms with Crippen molar-refractivity contribution < 1.29 is 4.74 Å². The highest BCUT2D eigenvalue weighted by Crippen LogP contribution is 2.37. The number of ether oxygens (including phenoxy) is 1. The van der Waals surface area contributed by atoms with E-state index < -0.39 is 0 Å². The molecule has 2 aliphatic rings. The van der Waals surface area contributed by atoms with E-state index in [0.29, 0.717) is 11.5 Å². The Kier molecular flexibility index (Phi) is 6.11. The van der Waals surface area contributed by atoms with E-state index in [1.807, 2.05) is 0 Å². The molecule has 1 heterocycles. The molecule has 0 bridgehead atoms. The van der Waals surface area contributed by atoms with Crippen molar-refractivity contribution >= 4 is 0 Å². The Morgan fingerprint density at radius 3 is 2.68 bits per heavy atom. The van der Waals surface area contributed by atoms with Crippen LogP contribution in [0.5, 0.6) is 0 Å². The molecule has 1 saturated heterocycles. The van der Waals surface area contributed by atoms with Gasteiger partial charge in [-0.25, -0.2) is 0 Å². The molecule has 1 unspecified atom stereocenters. The van der Waals surface area contributed by atoms with Gasteiger partial charge in [0.05, 0.1) is 12.7 Å². The predicted octanol–water partition coefficient (Wildman–Crippen LogP) is 2.66. The van der Waals surface area contributed by atoms with E-state index in [4.69, 9.17) is 4.74 Å². The van der Waals surface area contributed by atoms with Gasteiger partial charge in [0.2, 0.25) is 0 Å². The lowest BCUT2D eigenvalue weighted by Gasteiger charge is -2.43. The van der Waals surface area contributed by atoms with Crippen molar-refractivity contribution in [3.05, 3.63) is 0 Å². The molecule has 0 radical (unpaired) electrons. The minimum absolute atomic E-state index is 0.466. The van der Waals surface area contributed by atoms with E-state index in [1.54, 1.807) is 0 Å². The Balaban J connectivity index is 1.90. The predicted molar refractivity (Wildman–Crippen MR) is 80.5 cm³/mol. The lowest BCUT2D eigenvalue weighted by molar-refractivity contribution is -0.0463. The average Bonchev–Trinajstić information content (AvgIpc) is 2.46. The summed E-state index contributed by atoms with van der Waals surface area (Å²) in [6.45, 7) is 11.2. The van der Waals surface area contributed by atoms with Gasteiger partial charge in [-0.3, -0.25) is 4.90 Å².